The lowest BCUT2D eigenvalue weighted by molar-refractivity contribution is 1.40. The topological polar surface area (TPSA) is 171 Å². The van der Waals surface area contributed by atoms with E-state index >= 15 is 0 Å². The van der Waals surface area contributed by atoms with E-state index in [1.165, 1.54) is 22.7 Å². The lowest BCUT2D eigenvalue weighted by atomic mass is 10.2. The molecule has 0 spiro atoms. The standard InChI is InChI=1S/C14N10S3/c15-1-5(2-16)19-13-21-9-7-8(24-27-23-7)10-12(11(9)25-13)26-14(22-10)20-6(3-17)4-18. The number of fused-ring (bicyclic) bond motifs is 6. The van der Waals surface area contributed by atoms with Crippen LogP contribution in [0.2, 0.25) is 0 Å². The van der Waals surface area contributed by atoms with Crippen molar-refractivity contribution in [2.45, 2.75) is 0 Å². The first-order valence-corrected chi connectivity index (χ1v) is 9.18. The van der Waals surface area contributed by atoms with Crippen LogP contribution in [0.25, 0.3) is 31.5 Å². The van der Waals surface area contributed by atoms with E-state index in [2.05, 4.69) is 28.7 Å². The molecule has 0 atom stereocenters. The van der Waals surface area contributed by atoms with Crippen molar-refractivity contribution in [2.24, 2.45) is 9.98 Å². The van der Waals surface area contributed by atoms with Crippen LogP contribution >= 0.6 is 34.4 Å². The molecule has 0 amide bonds. The van der Waals surface area contributed by atoms with E-state index in [1.54, 1.807) is 24.3 Å². The van der Waals surface area contributed by atoms with Crippen molar-refractivity contribution in [2.75, 3.05) is 0 Å². The van der Waals surface area contributed by atoms with Crippen molar-refractivity contribution in [1.82, 2.24) is 18.7 Å². The smallest absolute Gasteiger partial charge is 0.216 e. The first-order chi connectivity index (χ1) is 13.2. The van der Waals surface area contributed by atoms with Crippen LogP contribution in [0.4, 0.5) is 10.3 Å². The number of benzene rings is 1. The molecule has 0 N–H and O–H groups in total. The molecule has 4 rings (SSSR count). The maximum absolute atomic E-state index is 8.88. The van der Waals surface area contributed by atoms with Crippen molar-refractivity contribution in [3.05, 3.63) is 0 Å². The second-order valence-corrected chi connectivity index (χ2v) is 7.16. The van der Waals surface area contributed by atoms with E-state index in [9.17, 15) is 0 Å². The molecule has 3 heterocycles. The summed E-state index contributed by atoms with van der Waals surface area (Å²) >= 11 is 3.35. The summed E-state index contributed by atoms with van der Waals surface area (Å²) in [7, 11) is 0. The fraction of sp³-hybridized carbons (Fsp3) is 0. The minimum Gasteiger partial charge on any atom is -0.216 e. The highest BCUT2D eigenvalue weighted by Gasteiger charge is 2.20. The molecule has 0 unspecified atom stereocenters. The summed E-state index contributed by atoms with van der Waals surface area (Å²) in [6, 6.07) is 6.77. The molecule has 0 fully saturated rings. The number of aromatic nitrogens is 4. The lowest BCUT2D eigenvalue weighted by Gasteiger charge is -1.91. The summed E-state index contributed by atoms with van der Waals surface area (Å²) < 4.78 is 9.91. The molecule has 1 aromatic carbocycles. The molecule has 0 aliphatic carbocycles. The Balaban J connectivity index is 2.07. The van der Waals surface area contributed by atoms with Crippen LogP contribution in [0.1, 0.15) is 0 Å². The van der Waals surface area contributed by atoms with Crippen LogP contribution in [-0.2, 0) is 0 Å². The van der Waals surface area contributed by atoms with Gasteiger partial charge in [-0.05, 0) is 0 Å². The minimum absolute atomic E-state index is 0.234. The number of hydrogen-bond acceptors (Lipinski definition) is 13. The Morgan fingerprint density at radius 2 is 1.07 bits per heavy atom. The zero-order valence-corrected chi connectivity index (χ0v) is 15.1. The summed E-state index contributed by atoms with van der Waals surface area (Å²) in [4.78, 5) is 16.6. The van der Waals surface area contributed by atoms with Crippen LogP contribution < -0.4 is 0 Å². The molecule has 0 bridgehead atoms. The third-order valence-corrected chi connectivity index (χ3v) is 5.80. The summed E-state index contributed by atoms with van der Waals surface area (Å²) in [6.45, 7) is 0. The average molecular weight is 404 g/mol. The van der Waals surface area contributed by atoms with Crippen molar-refractivity contribution < 1.29 is 0 Å². The predicted octanol–water partition coefficient (Wildman–Crippen LogP) is 3.15. The average Bonchev–Trinajstić information content (AvgIpc) is 3.40. The zero-order valence-electron chi connectivity index (χ0n) is 12.7. The fourth-order valence-corrected chi connectivity index (χ4v) is 4.75. The normalized spacial score (nSPS) is 10.1. The Labute approximate surface area is 161 Å². The molecule has 13 heteroatoms. The van der Waals surface area contributed by atoms with Gasteiger partial charge in [0.05, 0.1) is 21.1 Å². The third kappa shape index (κ3) is 2.65. The van der Waals surface area contributed by atoms with Gasteiger partial charge in [0.2, 0.25) is 21.7 Å². The molecule has 0 saturated heterocycles. The van der Waals surface area contributed by atoms with E-state index in [0.29, 0.717) is 31.5 Å². The van der Waals surface area contributed by atoms with Crippen molar-refractivity contribution in [3.8, 4) is 24.3 Å². The Kier molecular flexibility index (Phi) is 3.96. The second kappa shape index (κ2) is 6.45. The molecule has 27 heavy (non-hydrogen) atoms. The van der Waals surface area contributed by atoms with Gasteiger partial charge in [-0.1, -0.05) is 22.7 Å². The Morgan fingerprint density at radius 3 is 1.44 bits per heavy atom. The van der Waals surface area contributed by atoms with Crippen LogP contribution in [0, 0.1) is 45.3 Å². The molecule has 0 radical (unpaired) electrons. The van der Waals surface area contributed by atoms with Crippen molar-refractivity contribution >= 4 is 87.6 Å². The van der Waals surface area contributed by atoms with Gasteiger partial charge in [0, 0.05) is 0 Å². The summed E-state index contributed by atoms with van der Waals surface area (Å²) in [5, 5.41) is 36.0. The van der Waals surface area contributed by atoms with Gasteiger partial charge in [0.15, 0.2) is 0 Å². The number of rotatable bonds is 2. The molecular weight excluding hydrogens is 404 g/mol. The molecule has 4 aromatic rings. The quantitative estimate of drug-likeness (QED) is 0.458. The summed E-state index contributed by atoms with van der Waals surface area (Å²) in [6.07, 6.45) is 0. The van der Waals surface area contributed by atoms with Crippen LogP contribution in [0.3, 0.4) is 0 Å². The van der Waals surface area contributed by atoms with Crippen LogP contribution in [0.5, 0.6) is 0 Å². The van der Waals surface area contributed by atoms with E-state index in [4.69, 9.17) is 21.0 Å². The summed E-state index contributed by atoms with van der Waals surface area (Å²) in [5.74, 6) is 0. The molecule has 0 aliphatic rings. The fourth-order valence-electron chi connectivity index (χ4n) is 2.18. The van der Waals surface area contributed by atoms with Crippen LogP contribution in [0.15, 0.2) is 9.98 Å². The highest BCUT2D eigenvalue weighted by molar-refractivity contribution is 7.30. The van der Waals surface area contributed by atoms with Gasteiger partial charge < -0.3 is 0 Å². The molecule has 3 aromatic heterocycles. The number of hydrogen-bond donors (Lipinski definition) is 0. The van der Waals surface area contributed by atoms with E-state index < -0.39 is 0 Å². The molecule has 0 saturated carbocycles. The molecule has 124 valence electrons. The first kappa shape index (κ1) is 16.6. The summed E-state index contributed by atoms with van der Waals surface area (Å²) in [5.41, 5.74) is 1.51. The maximum atomic E-state index is 8.88. The van der Waals surface area contributed by atoms with Gasteiger partial charge in [-0.2, -0.15) is 39.8 Å². The van der Waals surface area contributed by atoms with Crippen molar-refractivity contribution in [3.63, 3.8) is 0 Å². The Hall–Kier alpha value is -3.88. The highest BCUT2D eigenvalue weighted by atomic mass is 32.1. The lowest BCUT2D eigenvalue weighted by Crippen LogP contribution is -1.85. The Morgan fingerprint density at radius 1 is 0.667 bits per heavy atom. The number of aliphatic imine (C=N–C) groups is 2. The molecule has 0 aliphatic heterocycles. The highest BCUT2D eigenvalue weighted by Crippen LogP contribution is 2.43. The van der Waals surface area contributed by atoms with Crippen molar-refractivity contribution in [1.29, 1.82) is 21.0 Å². The Bertz CT molecular complexity index is 1330. The third-order valence-electron chi connectivity index (χ3n) is 3.21. The maximum Gasteiger partial charge on any atom is 0.220 e. The molecule has 10 nitrogen and oxygen atoms in total. The minimum atomic E-state index is -0.305. The SMILES string of the molecule is N#CC(C#N)=Nc1nc2c3nsnc3c3nc(N=C(C#N)C#N)sc3c2s1. The zero-order chi connectivity index (χ0) is 19.0. The number of thiazole rings is 2. The number of nitriles is 4. The monoisotopic (exact) mass is 404 g/mol. The predicted molar refractivity (Wildman–Crippen MR) is 100 cm³/mol. The number of nitrogens with zero attached hydrogens (tertiary/aromatic N) is 10. The first-order valence-electron chi connectivity index (χ1n) is 6.81. The van der Waals surface area contributed by atoms with E-state index in [-0.39, 0.29) is 21.7 Å². The van der Waals surface area contributed by atoms with Gasteiger partial charge in [0.25, 0.3) is 0 Å². The largest absolute Gasteiger partial charge is 0.220 e. The van der Waals surface area contributed by atoms with Gasteiger partial charge in [0.1, 0.15) is 46.3 Å². The van der Waals surface area contributed by atoms with Gasteiger partial charge in [-0.15, -0.1) is 0 Å². The molecular formula is C14N10S3. The van der Waals surface area contributed by atoms with E-state index in [0.717, 1.165) is 11.7 Å². The van der Waals surface area contributed by atoms with E-state index in [1.807, 2.05) is 0 Å². The second-order valence-electron chi connectivity index (χ2n) is 4.68. The van der Waals surface area contributed by atoms with Crippen LogP contribution in [-0.4, -0.2) is 30.1 Å². The van der Waals surface area contributed by atoms with Gasteiger partial charge in [-0.3, -0.25) is 0 Å². The van der Waals surface area contributed by atoms with Gasteiger partial charge >= 0.3 is 0 Å². The van der Waals surface area contributed by atoms with Gasteiger partial charge in [-0.25, -0.2) is 9.97 Å².